The fourth-order valence-electron chi connectivity index (χ4n) is 11.6. The number of hydrogen-bond acceptors (Lipinski definition) is 0. The Morgan fingerprint density at radius 2 is 0.261 bits per heavy atom. The van der Waals surface area contributed by atoms with E-state index in [4.69, 9.17) is 0 Å². The van der Waals surface area contributed by atoms with Crippen molar-refractivity contribution in [3.8, 4) is 0 Å². The third-order valence-electron chi connectivity index (χ3n) is 12.5. The van der Waals surface area contributed by atoms with Crippen LogP contribution in [0.4, 0.5) is 0 Å². The van der Waals surface area contributed by atoms with Crippen LogP contribution in [-0.2, 0) is 14.1 Å². The van der Waals surface area contributed by atoms with E-state index in [0.29, 0.717) is 71.0 Å². The van der Waals surface area contributed by atoms with Crippen LogP contribution in [0.1, 0.15) is 166 Å². The standard InChI is InChI=1S/3C15H31.Cr/c3*1-10(2)14(11(3)4)9-15(12(5)6)13(7)8;/h3*9-15H,1-8H3;. The van der Waals surface area contributed by atoms with E-state index < -0.39 is 14.1 Å². The molecule has 0 atom stereocenters. The van der Waals surface area contributed by atoms with E-state index in [1.54, 1.807) is 0 Å². The quantitative estimate of drug-likeness (QED) is 0.113. The molecule has 0 nitrogen and oxygen atoms in total. The van der Waals surface area contributed by atoms with E-state index in [9.17, 15) is 0 Å². The van der Waals surface area contributed by atoms with Crippen molar-refractivity contribution in [1.29, 1.82) is 0 Å². The minimum atomic E-state index is -1.37. The van der Waals surface area contributed by atoms with Crippen LogP contribution in [0, 0.1) is 107 Å². The Morgan fingerprint density at radius 1 is 0.174 bits per heavy atom. The van der Waals surface area contributed by atoms with Crippen molar-refractivity contribution < 1.29 is 14.1 Å². The molecule has 0 fully saturated rings. The van der Waals surface area contributed by atoms with Gasteiger partial charge in [-0.2, -0.15) is 0 Å². The molecule has 0 unspecified atom stereocenters. The zero-order valence-electron chi connectivity index (χ0n) is 36.5. The summed E-state index contributed by atoms with van der Waals surface area (Å²) in [4.78, 5) is 0. The summed E-state index contributed by atoms with van der Waals surface area (Å²) in [6.07, 6.45) is 0. The van der Waals surface area contributed by atoms with Gasteiger partial charge in [-0.25, -0.2) is 0 Å². The van der Waals surface area contributed by atoms with E-state index in [-0.39, 0.29) is 0 Å². The van der Waals surface area contributed by atoms with Gasteiger partial charge in [0.1, 0.15) is 0 Å². The average Bonchev–Trinajstić information content (AvgIpc) is 2.81. The first-order valence-electron chi connectivity index (χ1n) is 20.6. The van der Waals surface area contributed by atoms with Crippen LogP contribution in [0.2, 0.25) is 14.3 Å². The molecule has 0 aromatic heterocycles. The molecule has 1 heteroatoms. The van der Waals surface area contributed by atoms with Crippen LogP contribution in [0.5, 0.6) is 0 Å². The molecular formula is C45H93Cr. The van der Waals surface area contributed by atoms with Gasteiger partial charge in [0.15, 0.2) is 0 Å². The first kappa shape index (κ1) is 46.5. The van der Waals surface area contributed by atoms with Gasteiger partial charge < -0.3 is 0 Å². The van der Waals surface area contributed by atoms with Gasteiger partial charge in [0.05, 0.1) is 0 Å². The Balaban J connectivity index is 9.13. The fourth-order valence-corrected chi connectivity index (χ4v) is 22.6. The number of rotatable bonds is 21. The molecule has 0 rings (SSSR count). The van der Waals surface area contributed by atoms with Gasteiger partial charge in [0.2, 0.25) is 0 Å². The second-order valence-corrected chi connectivity index (χ2v) is 24.0. The summed E-state index contributed by atoms with van der Waals surface area (Å²) in [6.45, 7) is 62.6. The fraction of sp³-hybridized carbons (Fsp3) is 1.00. The summed E-state index contributed by atoms with van der Waals surface area (Å²) < 4.78 is 2.49. The Labute approximate surface area is 300 Å². The zero-order chi connectivity index (χ0) is 36.7. The van der Waals surface area contributed by atoms with Crippen LogP contribution in [0.15, 0.2) is 0 Å². The van der Waals surface area contributed by atoms with Gasteiger partial charge in [0.25, 0.3) is 0 Å². The van der Waals surface area contributed by atoms with Crippen molar-refractivity contribution in [2.45, 2.75) is 181 Å². The van der Waals surface area contributed by atoms with Gasteiger partial charge in [-0.05, 0) is 0 Å². The maximum absolute atomic E-state index is 2.61. The topological polar surface area (TPSA) is 0 Å². The Kier molecular flexibility index (Phi) is 20.6. The predicted molar refractivity (Wildman–Crippen MR) is 210 cm³/mol. The molecule has 0 spiro atoms. The van der Waals surface area contributed by atoms with Crippen LogP contribution in [0.25, 0.3) is 0 Å². The van der Waals surface area contributed by atoms with Crippen molar-refractivity contribution in [3.05, 3.63) is 0 Å². The summed E-state index contributed by atoms with van der Waals surface area (Å²) in [6, 6.07) is 0. The molecule has 0 bridgehead atoms. The van der Waals surface area contributed by atoms with Gasteiger partial charge in [-0.15, -0.1) is 0 Å². The molecule has 0 aromatic carbocycles. The van der Waals surface area contributed by atoms with Crippen LogP contribution < -0.4 is 0 Å². The van der Waals surface area contributed by atoms with Crippen LogP contribution >= 0.6 is 0 Å². The van der Waals surface area contributed by atoms with Crippen molar-refractivity contribution in [3.63, 3.8) is 0 Å². The van der Waals surface area contributed by atoms with E-state index in [2.05, 4.69) is 166 Å². The maximum atomic E-state index is 2.61. The molecule has 0 N–H and O–H groups in total. The molecule has 0 aromatic rings. The molecule has 0 heterocycles. The third kappa shape index (κ3) is 11.8. The van der Waals surface area contributed by atoms with Gasteiger partial charge in [-0.3, -0.25) is 0 Å². The predicted octanol–water partition coefficient (Wildman–Crippen LogP) is 15.5. The van der Waals surface area contributed by atoms with Gasteiger partial charge >= 0.3 is 301 Å². The Hall–Kier alpha value is 0.532. The van der Waals surface area contributed by atoms with E-state index >= 15 is 0 Å². The molecule has 0 aliphatic rings. The Morgan fingerprint density at radius 3 is 0.326 bits per heavy atom. The monoisotopic (exact) mass is 686 g/mol. The second kappa shape index (κ2) is 20.4. The van der Waals surface area contributed by atoms with Crippen molar-refractivity contribution in [2.75, 3.05) is 0 Å². The Bertz CT molecular complexity index is 568. The molecule has 0 aliphatic heterocycles. The molecule has 279 valence electrons. The average molecular weight is 686 g/mol. The molecule has 46 heavy (non-hydrogen) atoms. The van der Waals surface area contributed by atoms with E-state index in [0.717, 1.165) is 49.8 Å². The van der Waals surface area contributed by atoms with Crippen LogP contribution in [0.3, 0.4) is 0 Å². The van der Waals surface area contributed by atoms with Crippen molar-refractivity contribution >= 4 is 0 Å². The second-order valence-electron chi connectivity index (χ2n) is 20.2. The molecule has 0 amide bonds. The van der Waals surface area contributed by atoms with Crippen molar-refractivity contribution in [1.82, 2.24) is 0 Å². The van der Waals surface area contributed by atoms with Gasteiger partial charge in [-0.1, -0.05) is 0 Å². The first-order chi connectivity index (χ1) is 20.9. The minimum absolute atomic E-state index is 0.707. The van der Waals surface area contributed by atoms with Gasteiger partial charge in [0, 0.05) is 0 Å². The summed E-state index contributed by atoms with van der Waals surface area (Å²) in [5, 5.41) is 0. The summed E-state index contributed by atoms with van der Waals surface area (Å²) >= 11 is -1.37. The molecule has 0 radical (unpaired) electrons. The zero-order valence-corrected chi connectivity index (χ0v) is 37.8. The number of hydrogen-bond donors (Lipinski definition) is 0. The summed E-state index contributed by atoms with van der Waals surface area (Å²) in [5.41, 5.74) is 0. The molecular weight excluding hydrogens is 592 g/mol. The van der Waals surface area contributed by atoms with E-state index in [1.165, 1.54) is 0 Å². The SMILES string of the molecule is CC(C)C(C(C)C)[CH](C(C(C)C)C(C)C)[Cr]([CH](C(C(C)C)C(C)C)C(C(C)C)C(C)C)[CH](C(C(C)C)C(C)C)C(C(C)C)C(C)C. The van der Waals surface area contributed by atoms with Crippen LogP contribution in [-0.4, -0.2) is 0 Å². The van der Waals surface area contributed by atoms with Crippen molar-refractivity contribution in [2.24, 2.45) is 107 Å². The molecule has 0 saturated carbocycles. The summed E-state index contributed by atoms with van der Waals surface area (Å²) in [7, 11) is 0. The first-order valence-corrected chi connectivity index (χ1v) is 22.8. The molecule has 0 saturated heterocycles. The normalized spacial score (nSPS) is 14.5. The van der Waals surface area contributed by atoms with E-state index in [1.807, 2.05) is 0 Å². The third-order valence-corrected chi connectivity index (χ3v) is 18.3. The molecule has 0 aliphatic carbocycles. The summed E-state index contributed by atoms with van der Waals surface area (Å²) in [5.74, 6) is 13.1.